The summed E-state index contributed by atoms with van der Waals surface area (Å²) in [5.41, 5.74) is 0. The molecule has 1 amide bonds. The van der Waals surface area contributed by atoms with Crippen LogP contribution in [0.2, 0.25) is 5.15 Å². The van der Waals surface area contributed by atoms with Crippen LogP contribution >= 0.6 is 22.9 Å². The number of ether oxygens (including phenoxy) is 1. The number of hydrogen-bond donors (Lipinski definition) is 2. The molecule has 0 radical (unpaired) electrons. The molecule has 2 rings (SSSR count). The van der Waals surface area contributed by atoms with Crippen molar-refractivity contribution in [2.75, 3.05) is 25.5 Å². The van der Waals surface area contributed by atoms with Gasteiger partial charge in [0, 0.05) is 6.54 Å². The first-order valence-electron chi connectivity index (χ1n) is 5.85. The molecule has 104 valence electrons. The number of amides is 1. The minimum absolute atomic E-state index is 0.0812. The molecule has 0 aliphatic heterocycles. The van der Waals surface area contributed by atoms with Crippen LogP contribution in [0.15, 0.2) is 0 Å². The molecule has 2 N–H and O–H groups in total. The van der Waals surface area contributed by atoms with Crippen molar-refractivity contribution < 1.29 is 14.3 Å². The number of methoxy groups -OCH3 is 1. The molecular formula is C11H14ClN3O3S. The van der Waals surface area contributed by atoms with E-state index < -0.39 is 5.97 Å². The highest BCUT2D eigenvalue weighted by atomic mass is 35.5. The second kappa shape index (κ2) is 6.21. The van der Waals surface area contributed by atoms with Crippen molar-refractivity contribution >= 4 is 39.9 Å². The van der Waals surface area contributed by atoms with Crippen LogP contribution in [-0.4, -0.2) is 37.1 Å². The van der Waals surface area contributed by atoms with Crippen LogP contribution < -0.4 is 10.6 Å². The van der Waals surface area contributed by atoms with E-state index in [4.69, 9.17) is 11.6 Å². The molecule has 19 heavy (non-hydrogen) atoms. The number of nitrogens with zero attached hydrogens (tertiary/aromatic N) is 1. The number of carbonyl (C=O) groups excluding carboxylic acids is 2. The molecule has 6 nitrogen and oxygen atoms in total. The number of esters is 1. The molecule has 0 bridgehead atoms. The van der Waals surface area contributed by atoms with E-state index in [0.717, 1.165) is 17.9 Å². The first-order valence-corrected chi connectivity index (χ1v) is 7.04. The van der Waals surface area contributed by atoms with E-state index in [1.165, 1.54) is 20.0 Å². The Kier molecular flexibility index (Phi) is 4.60. The highest BCUT2D eigenvalue weighted by Crippen LogP contribution is 2.28. The second-order valence-electron chi connectivity index (χ2n) is 4.23. The van der Waals surface area contributed by atoms with E-state index in [0.29, 0.717) is 11.0 Å². The van der Waals surface area contributed by atoms with Gasteiger partial charge in [0.15, 0.2) is 15.2 Å². The third-order valence-corrected chi connectivity index (χ3v) is 4.02. The summed E-state index contributed by atoms with van der Waals surface area (Å²) in [5, 5.41) is 6.16. The van der Waals surface area contributed by atoms with Gasteiger partial charge in [0.25, 0.3) is 0 Å². The summed E-state index contributed by atoms with van der Waals surface area (Å²) < 4.78 is 4.57. The van der Waals surface area contributed by atoms with E-state index in [9.17, 15) is 9.59 Å². The van der Waals surface area contributed by atoms with Crippen molar-refractivity contribution in [3.63, 3.8) is 0 Å². The lowest BCUT2D eigenvalue weighted by Gasteiger charge is -2.04. The monoisotopic (exact) mass is 303 g/mol. The number of carbonyl (C=O) groups is 2. The van der Waals surface area contributed by atoms with Gasteiger partial charge in [-0.2, -0.15) is 0 Å². The fraction of sp³-hybridized carbons (Fsp3) is 0.545. The lowest BCUT2D eigenvalue weighted by Crippen LogP contribution is -2.31. The maximum Gasteiger partial charge on any atom is 0.351 e. The molecule has 0 spiro atoms. The van der Waals surface area contributed by atoms with Crippen molar-refractivity contribution in [1.82, 2.24) is 10.3 Å². The van der Waals surface area contributed by atoms with Crippen molar-refractivity contribution in [2.24, 2.45) is 5.92 Å². The Morgan fingerprint density at radius 1 is 1.53 bits per heavy atom. The lowest BCUT2D eigenvalue weighted by atomic mass is 10.4. The molecule has 0 aromatic carbocycles. The fourth-order valence-corrected chi connectivity index (χ4v) is 2.49. The molecule has 8 heteroatoms. The summed E-state index contributed by atoms with van der Waals surface area (Å²) in [6.45, 7) is 0.837. The Balaban J connectivity index is 1.81. The van der Waals surface area contributed by atoms with Gasteiger partial charge >= 0.3 is 5.97 Å². The Morgan fingerprint density at radius 3 is 2.89 bits per heavy atom. The number of aromatic nitrogens is 1. The molecule has 1 saturated carbocycles. The zero-order chi connectivity index (χ0) is 13.8. The van der Waals surface area contributed by atoms with Crippen LogP contribution in [0.25, 0.3) is 0 Å². The normalized spacial score (nSPS) is 14.0. The van der Waals surface area contributed by atoms with Crippen molar-refractivity contribution in [2.45, 2.75) is 12.8 Å². The van der Waals surface area contributed by atoms with Gasteiger partial charge in [-0.25, -0.2) is 9.78 Å². The van der Waals surface area contributed by atoms with Gasteiger partial charge in [0.2, 0.25) is 5.91 Å². The van der Waals surface area contributed by atoms with Gasteiger partial charge in [0.05, 0.1) is 13.7 Å². The standard InChI is InChI=1S/C11H14ClN3O3S/c1-18-10(17)8-9(12)15-11(19-8)14-5-7(16)13-4-6-2-3-6/h6H,2-5H2,1H3,(H,13,16)(H,14,15). The summed E-state index contributed by atoms with van der Waals surface area (Å²) >= 11 is 6.86. The number of rotatable bonds is 6. The second-order valence-corrected chi connectivity index (χ2v) is 5.59. The summed E-state index contributed by atoms with van der Waals surface area (Å²) in [4.78, 5) is 27.0. The molecular weight excluding hydrogens is 290 g/mol. The van der Waals surface area contributed by atoms with Crippen LogP contribution in [-0.2, 0) is 9.53 Å². The Labute approximate surface area is 119 Å². The van der Waals surface area contributed by atoms with Crippen molar-refractivity contribution in [3.8, 4) is 0 Å². The first kappa shape index (κ1) is 14.1. The summed E-state index contributed by atoms with van der Waals surface area (Å²) in [5.74, 6) is 0.00996. The molecule has 1 aliphatic rings. The molecule has 0 atom stereocenters. The van der Waals surface area contributed by atoms with Crippen LogP contribution in [0.5, 0.6) is 0 Å². The Morgan fingerprint density at radius 2 is 2.26 bits per heavy atom. The molecule has 0 saturated heterocycles. The van der Waals surface area contributed by atoms with Crippen molar-refractivity contribution in [3.05, 3.63) is 10.0 Å². The van der Waals surface area contributed by atoms with Crippen LogP contribution in [0.4, 0.5) is 5.13 Å². The van der Waals surface area contributed by atoms with Crippen LogP contribution in [0.3, 0.4) is 0 Å². The molecule has 1 aromatic heterocycles. The van der Waals surface area contributed by atoms with Gasteiger partial charge in [-0.05, 0) is 18.8 Å². The molecule has 1 heterocycles. The average Bonchev–Trinajstić information content (AvgIpc) is 3.15. The Bertz CT molecular complexity index is 488. The van der Waals surface area contributed by atoms with E-state index >= 15 is 0 Å². The van der Waals surface area contributed by atoms with Gasteiger partial charge in [0.1, 0.15) is 0 Å². The predicted molar refractivity (Wildman–Crippen MR) is 72.7 cm³/mol. The van der Waals surface area contributed by atoms with E-state index in [2.05, 4.69) is 20.4 Å². The summed E-state index contributed by atoms with van der Waals surface area (Å²) in [7, 11) is 1.27. The van der Waals surface area contributed by atoms with Gasteiger partial charge in [-0.3, -0.25) is 4.79 Å². The third-order valence-electron chi connectivity index (χ3n) is 2.64. The van der Waals surface area contributed by atoms with E-state index in [-0.39, 0.29) is 22.5 Å². The SMILES string of the molecule is COC(=O)c1sc(NCC(=O)NCC2CC2)nc1Cl. The number of anilines is 1. The van der Waals surface area contributed by atoms with Gasteiger partial charge in [-0.1, -0.05) is 22.9 Å². The minimum Gasteiger partial charge on any atom is -0.465 e. The molecule has 1 aromatic rings. The zero-order valence-corrected chi connectivity index (χ0v) is 11.9. The number of hydrogen-bond acceptors (Lipinski definition) is 6. The number of halogens is 1. The number of thiazole rings is 1. The maximum atomic E-state index is 11.5. The fourth-order valence-electron chi connectivity index (χ4n) is 1.39. The largest absolute Gasteiger partial charge is 0.465 e. The minimum atomic E-state index is -0.534. The van der Waals surface area contributed by atoms with Gasteiger partial charge < -0.3 is 15.4 Å². The smallest absolute Gasteiger partial charge is 0.351 e. The maximum absolute atomic E-state index is 11.5. The molecule has 0 unspecified atom stereocenters. The third kappa shape index (κ3) is 4.07. The van der Waals surface area contributed by atoms with E-state index in [1.807, 2.05) is 0 Å². The van der Waals surface area contributed by atoms with E-state index in [1.54, 1.807) is 0 Å². The Hall–Kier alpha value is -1.34. The van der Waals surface area contributed by atoms with Crippen LogP contribution in [0.1, 0.15) is 22.5 Å². The number of nitrogens with one attached hydrogen (secondary N) is 2. The van der Waals surface area contributed by atoms with Gasteiger partial charge in [-0.15, -0.1) is 0 Å². The highest BCUT2D eigenvalue weighted by molar-refractivity contribution is 7.18. The van der Waals surface area contributed by atoms with Crippen molar-refractivity contribution in [1.29, 1.82) is 0 Å². The predicted octanol–water partition coefficient (Wildman–Crippen LogP) is 1.52. The highest BCUT2D eigenvalue weighted by Gasteiger charge is 2.21. The summed E-state index contributed by atoms with van der Waals surface area (Å²) in [6.07, 6.45) is 2.39. The average molecular weight is 304 g/mol. The first-order chi connectivity index (χ1) is 9.10. The molecule has 1 aliphatic carbocycles. The van der Waals surface area contributed by atoms with Crippen LogP contribution in [0, 0.1) is 5.92 Å². The topological polar surface area (TPSA) is 80.3 Å². The lowest BCUT2D eigenvalue weighted by molar-refractivity contribution is -0.119. The quantitative estimate of drug-likeness (QED) is 0.779. The zero-order valence-electron chi connectivity index (χ0n) is 10.4. The molecule has 1 fully saturated rings. The summed E-state index contributed by atoms with van der Waals surface area (Å²) in [6, 6.07) is 0.